The van der Waals surface area contributed by atoms with Crippen molar-refractivity contribution in [2.75, 3.05) is 26.7 Å². The Hall–Kier alpha value is -2.33. The highest BCUT2D eigenvalue weighted by atomic mass is 16.5. The van der Waals surface area contributed by atoms with Gasteiger partial charge < -0.3 is 10.1 Å². The molecule has 1 aliphatic rings. The minimum atomic E-state index is 0.00369. The smallest absolute Gasteiger partial charge is 0.251 e. The van der Waals surface area contributed by atoms with E-state index in [-0.39, 0.29) is 5.91 Å². The van der Waals surface area contributed by atoms with Gasteiger partial charge >= 0.3 is 0 Å². The number of nitrogens with one attached hydrogen (secondary N) is 1. The van der Waals surface area contributed by atoms with Crippen LogP contribution in [0.1, 0.15) is 47.7 Å². The number of benzene rings is 2. The van der Waals surface area contributed by atoms with Gasteiger partial charge in [-0.2, -0.15) is 0 Å². The predicted molar refractivity (Wildman–Crippen MR) is 114 cm³/mol. The monoisotopic (exact) mass is 380 g/mol. The molecule has 4 nitrogen and oxygen atoms in total. The molecule has 0 radical (unpaired) electrons. The largest absolute Gasteiger partial charge is 0.497 e. The third-order valence-corrected chi connectivity index (χ3v) is 5.56. The van der Waals surface area contributed by atoms with Gasteiger partial charge in [-0.3, -0.25) is 9.69 Å². The van der Waals surface area contributed by atoms with Gasteiger partial charge in [-0.15, -0.1) is 0 Å². The SMILES string of the molecule is COc1cccc(CCCNC(=O)c2ccc(CN3CCC(C)CC3)cc2)c1. The van der Waals surface area contributed by atoms with E-state index in [1.807, 2.05) is 30.3 Å². The van der Waals surface area contributed by atoms with E-state index in [9.17, 15) is 4.79 Å². The summed E-state index contributed by atoms with van der Waals surface area (Å²) in [5.41, 5.74) is 3.24. The molecule has 1 aliphatic heterocycles. The van der Waals surface area contributed by atoms with E-state index in [0.29, 0.717) is 6.54 Å². The van der Waals surface area contributed by atoms with Crippen molar-refractivity contribution < 1.29 is 9.53 Å². The van der Waals surface area contributed by atoms with Crippen LogP contribution in [0.2, 0.25) is 0 Å². The third kappa shape index (κ3) is 6.10. The Bertz CT molecular complexity index is 749. The number of piperidine rings is 1. The summed E-state index contributed by atoms with van der Waals surface area (Å²) in [4.78, 5) is 14.9. The molecule has 0 spiro atoms. The van der Waals surface area contributed by atoms with Crippen LogP contribution in [0.5, 0.6) is 5.75 Å². The summed E-state index contributed by atoms with van der Waals surface area (Å²) >= 11 is 0. The molecule has 1 heterocycles. The quantitative estimate of drug-likeness (QED) is 0.695. The summed E-state index contributed by atoms with van der Waals surface area (Å²) in [6, 6.07) is 16.1. The zero-order valence-corrected chi connectivity index (χ0v) is 17.1. The normalized spacial score (nSPS) is 15.4. The van der Waals surface area contributed by atoms with E-state index in [1.54, 1.807) is 7.11 Å². The maximum atomic E-state index is 12.4. The van der Waals surface area contributed by atoms with E-state index < -0.39 is 0 Å². The highest BCUT2D eigenvalue weighted by Crippen LogP contribution is 2.18. The first-order chi connectivity index (χ1) is 13.6. The molecule has 1 N–H and O–H groups in total. The van der Waals surface area contributed by atoms with Gasteiger partial charge in [0.05, 0.1) is 7.11 Å². The van der Waals surface area contributed by atoms with Crippen LogP contribution < -0.4 is 10.1 Å². The molecular formula is C24H32N2O2. The van der Waals surface area contributed by atoms with Crippen LogP contribution in [0.4, 0.5) is 0 Å². The Kier molecular flexibility index (Phi) is 7.49. The maximum absolute atomic E-state index is 12.4. The lowest BCUT2D eigenvalue weighted by atomic mass is 9.99. The Labute approximate surface area is 168 Å². The molecule has 150 valence electrons. The fraction of sp³-hybridized carbons (Fsp3) is 0.458. The van der Waals surface area contributed by atoms with Gasteiger partial charge in [0, 0.05) is 18.7 Å². The number of methoxy groups -OCH3 is 1. The molecule has 1 fully saturated rings. The van der Waals surface area contributed by atoms with Gasteiger partial charge in [-0.1, -0.05) is 31.2 Å². The lowest BCUT2D eigenvalue weighted by Gasteiger charge is -2.30. The van der Waals surface area contributed by atoms with Crippen LogP contribution >= 0.6 is 0 Å². The molecule has 28 heavy (non-hydrogen) atoms. The number of likely N-dealkylation sites (tertiary alicyclic amines) is 1. The van der Waals surface area contributed by atoms with Crippen molar-refractivity contribution in [1.82, 2.24) is 10.2 Å². The summed E-state index contributed by atoms with van der Waals surface area (Å²) < 4.78 is 5.25. The summed E-state index contributed by atoms with van der Waals surface area (Å²) in [5, 5.41) is 3.02. The minimum absolute atomic E-state index is 0.00369. The average Bonchev–Trinajstić information content (AvgIpc) is 2.73. The molecule has 4 heteroatoms. The molecule has 2 aromatic carbocycles. The first-order valence-electron chi connectivity index (χ1n) is 10.4. The lowest BCUT2D eigenvalue weighted by Crippen LogP contribution is -2.32. The van der Waals surface area contributed by atoms with E-state index in [1.165, 1.54) is 37.1 Å². The molecule has 1 saturated heterocycles. The highest BCUT2D eigenvalue weighted by molar-refractivity contribution is 5.94. The van der Waals surface area contributed by atoms with Gasteiger partial charge in [-0.05, 0) is 80.1 Å². The first kappa shape index (κ1) is 20.4. The highest BCUT2D eigenvalue weighted by Gasteiger charge is 2.15. The lowest BCUT2D eigenvalue weighted by molar-refractivity contribution is 0.0953. The molecule has 1 amide bonds. The van der Waals surface area contributed by atoms with Crippen molar-refractivity contribution in [1.29, 1.82) is 0 Å². The summed E-state index contributed by atoms with van der Waals surface area (Å²) in [7, 11) is 1.68. The van der Waals surface area contributed by atoms with Crippen LogP contribution in [0.25, 0.3) is 0 Å². The van der Waals surface area contributed by atoms with Crippen molar-refractivity contribution >= 4 is 5.91 Å². The van der Waals surface area contributed by atoms with Crippen LogP contribution in [-0.4, -0.2) is 37.6 Å². The van der Waals surface area contributed by atoms with Crippen molar-refractivity contribution in [2.24, 2.45) is 5.92 Å². The van der Waals surface area contributed by atoms with E-state index in [0.717, 1.165) is 36.6 Å². The molecular weight excluding hydrogens is 348 g/mol. The van der Waals surface area contributed by atoms with Gasteiger partial charge in [0.2, 0.25) is 0 Å². The Balaban J connectivity index is 1.40. The number of ether oxygens (including phenoxy) is 1. The number of aryl methyl sites for hydroxylation is 1. The zero-order chi connectivity index (χ0) is 19.8. The second-order valence-corrected chi connectivity index (χ2v) is 7.87. The molecule has 0 bridgehead atoms. The molecule has 2 aromatic rings. The predicted octanol–water partition coefficient (Wildman–Crippen LogP) is 4.29. The van der Waals surface area contributed by atoms with Crippen LogP contribution in [0.3, 0.4) is 0 Å². The van der Waals surface area contributed by atoms with Gasteiger partial charge in [0.25, 0.3) is 5.91 Å². The Morgan fingerprint density at radius 1 is 1.11 bits per heavy atom. The van der Waals surface area contributed by atoms with Crippen molar-refractivity contribution in [3.8, 4) is 5.75 Å². The van der Waals surface area contributed by atoms with Crippen LogP contribution in [0, 0.1) is 5.92 Å². The number of rotatable bonds is 8. The second kappa shape index (κ2) is 10.3. The number of nitrogens with zero attached hydrogens (tertiary/aromatic N) is 1. The topological polar surface area (TPSA) is 41.6 Å². The van der Waals surface area contributed by atoms with Crippen LogP contribution in [0.15, 0.2) is 48.5 Å². The molecule has 0 atom stereocenters. The zero-order valence-electron chi connectivity index (χ0n) is 17.1. The second-order valence-electron chi connectivity index (χ2n) is 7.87. The van der Waals surface area contributed by atoms with E-state index in [4.69, 9.17) is 4.74 Å². The fourth-order valence-corrected chi connectivity index (χ4v) is 3.66. The van der Waals surface area contributed by atoms with E-state index in [2.05, 4.69) is 35.3 Å². The van der Waals surface area contributed by atoms with Crippen molar-refractivity contribution in [2.45, 2.75) is 39.2 Å². The molecule has 0 aliphatic carbocycles. The minimum Gasteiger partial charge on any atom is -0.497 e. The summed E-state index contributed by atoms with van der Waals surface area (Å²) in [6.07, 6.45) is 4.40. The number of carbonyl (C=O) groups excluding carboxylic acids is 1. The average molecular weight is 381 g/mol. The van der Waals surface area contributed by atoms with E-state index >= 15 is 0 Å². The molecule has 0 saturated carbocycles. The Morgan fingerprint density at radius 3 is 2.57 bits per heavy atom. The van der Waals surface area contributed by atoms with Crippen molar-refractivity contribution in [3.05, 3.63) is 65.2 Å². The number of hydrogen-bond donors (Lipinski definition) is 1. The first-order valence-corrected chi connectivity index (χ1v) is 10.4. The number of amides is 1. The van der Waals surface area contributed by atoms with Crippen molar-refractivity contribution in [3.63, 3.8) is 0 Å². The number of carbonyl (C=O) groups is 1. The molecule has 0 unspecified atom stereocenters. The summed E-state index contributed by atoms with van der Waals surface area (Å²) in [5.74, 6) is 1.73. The molecule has 0 aromatic heterocycles. The third-order valence-electron chi connectivity index (χ3n) is 5.56. The maximum Gasteiger partial charge on any atom is 0.251 e. The van der Waals surface area contributed by atoms with Gasteiger partial charge in [0.15, 0.2) is 0 Å². The van der Waals surface area contributed by atoms with Crippen LogP contribution in [-0.2, 0) is 13.0 Å². The van der Waals surface area contributed by atoms with Gasteiger partial charge in [0.1, 0.15) is 5.75 Å². The fourth-order valence-electron chi connectivity index (χ4n) is 3.66. The number of hydrogen-bond acceptors (Lipinski definition) is 3. The summed E-state index contributed by atoms with van der Waals surface area (Å²) in [6.45, 7) is 6.34. The van der Waals surface area contributed by atoms with Gasteiger partial charge in [-0.25, -0.2) is 0 Å². The Morgan fingerprint density at radius 2 is 1.86 bits per heavy atom. The standard InChI is InChI=1S/C24H32N2O2/c1-19-12-15-26(16-13-19)18-21-8-10-22(11-9-21)24(27)25-14-4-6-20-5-3-7-23(17-20)28-2/h3,5,7-11,17,19H,4,6,12-16,18H2,1-2H3,(H,25,27). The molecule has 3 rings (SSSR count).